The van der Waals surface area contributed by atoms with Crippen LogP contribution < -0.4 is 5.73 Å². The van der Waals surface area contributed by atoms with Crippen molar-refractivity contribution in [3.05, 3.63) is 11.6 Å². The molecule has 6 nitrogen and oxygen atoms in total. The molecular weight excluding hydrogens is 306 g/mol. The maximum absolute atomic E-state index is 12.6. The number of rotatable bonds is 7. The summed E-state index contributed by atoms with van der Waals surface area (Å²) in [5.41, 5.74) is 2.52. The predicted octanol–water partition coefficient (Wildman–Crippen LogP) is 2.35. The number of ether oxygens (including phenoxy) is 1. The van der Waals surface area contributed by atoms with E-state index in [9.17, 15) is 20.1 Å². The average Bonchev–Trinajstić information content (AvgIpc) is 2.77. The van der Waals surface area contributed by atoms with E-state index in [4.69, 9.17) is 10.5 Å². The first kappa shape index (κ1) is 18.0. The van der Waals surface area contributed by atoms with Crippen LogP contribution >= 0.6 is 0 Å². The number of primary amides is 1. The standard InChI is InChI=1S/C18H23N3O3/c1-3-5-7-12-9-13(8-6-4-2)17(10-19)16(23)24-14(12)18(17,11-20)15(21)22/h9,13-14H,3-8H2,1-2H3,(H2,21,22). The predicted molar refractivity (Wildman–Crippen MR) is 85.8 cm³/mol. The number of carbonyl (C=O) groups excluding carboxylic acids is 2. The Balaban J connectivity index is 2.67. The number of hydrogen-bond donors (Lipinski definition) is 1. The third-order valence-electron chi connectivity index (χ3n) is 5.30. The molecule has 0 aromatic rings. The van der Waals surface area contributed by atoms with E-state index in [0.29, 0.717) is 12.8 Å². The summed E-state index contributed by atoms with van der Waals surface area (Å²) in [5, 5.41) is 19.7. The van der Waals surface area contributed by atoms with Gasteiger partial charge in [-0.3, -0.25) is 9.59 Å². The molecule has 1 saturated heterocycles. The minimum Gasteiger partial charge on any atom is -0.454 e. The Morgan fingerprint density at radius 1 is 1.29 bits per heavy atom. The van der Waals surface area contributed by atoms with Crippen molar-refractivity contribution in [2.75, 3.05) is 0 Å². The van der Waals surface area contributed by atoms with Crippen molar-refractivity contribution in [2.24, 2.45) is 22.5 Å². The minimum atomic E-state index is -1.95. The highest BCUT2D eigenvalue weighted by Crippen LogP contribution is 2.60. The molecule has 0 spiro atoms. The molecule has 2 N–H and O–H groups in total. The topological polar surface area (TPSA) is 117 Å². The molecule has 1 aliphatic heterocycles. The van der Waals surface area contributed by atoms with Gasteiger partial charge in [0.2, 0.25) is 11.3 Å². The number of esters is 1. The van der Waals surface area contributed by atoms with Gasteiger partial charge in [0.25, 0.3) is 0 Å². The van der Waals surface area contributed by atoms with Gasteiger partial charge in [0.1, 0.15) is 0 Å². The van der Waals surface area contributed by atoms with Gasteiger partial charge in [0, 0.05) is 5.92 Å². The van der Waals surface area contributed by atoms with E-state index in [1.165, 1.54) is 0 Å². The third-order valence-corrected chi connectivity index (χ3v) is 5.30. The quantitative estimate of drug-likeness (QED) is 0.568. The number of nitriles is 2. The van der Waals surface area contributed by atoms with Gasteiger partial charge in [0.05, 0.1) is 12.1 Å². The van der Waals surface area contributed by atoms with Crippen LogP contribution in [0.4, 0.5) is 0 Å². The second kappa shape index (κ2) is 6.65. The van der Waals surface area contributed by atoms with E-state index in [-0.39, 0.29) is 0 Å². The molecule has 6 heteroatoms. The highest BCUT2D eigenvalue weighted by Gasteiger charge is 2.77. The minimum absolute atomic E-state index is 0.535. The average molecular weight is 329 g/mol. The molecule has 1 fully saturated rings. The lowest BCUT2D eigenvalue weighted by molar-refractivity contribution is -0.147. The number of amides is 1. The molecule has 0 radical (unpaired) electrons. The molecule has 2 bridgehead atoms. The van der Waals surface area contributed by atoms with Crippen molar-refractivity contribution in [2.45, 2.75) is 58.5 Å². The number of fused-ring (bicyclic) bond motifs is 2. The second-order valence-corrected chi connectivity index (χ2v) is 6.58. The molecule has 2 aliphatic rings. The maximum Gasteiger partial charge on any atom is 0.330 e. The number of unbranched alkanes of at least 4 members (excludes halogenated alkanes) is 2. The molecule has 128 valence electrons. The Labute approximate surface area is 142 Å². The molecule has 2 rings (SSSR count). The van der Waals surface area contributed by atoms with Gasteiger partial charge in [-0.05, 0) is 24.8 Å². The van der Waals surface area contributed by atoms with Crippen LogP contribution in [0.2, 0.25) is 0 Å². The van der Waals surface area contributed by atoms with Crippen molar-refractivity contribution < 1.29 is 14.3 Å². The van der Waals surface area contributed by atoms with Crippen molar-refractivity contribution in [1.82, 2.24) is 0 Å². The molecule has 0 aromatic heterocycles. The van der Waals surface area contributed by atoms with Gasteiger partial charge in [-0.15, -0.1) is 0 Å². The summed E-state index contributed by atoms with van der Waals surface area (Å²) < 4.78 is 5.41. The normalized spacial score (nSPS) is 34.0. The summed E-state index contributed by atoms with van der Waals surface area (Å²) in [4.78, 5) is 24.9. The zero-order valence-electron chi connectivity index (χ0n) is 14.2. The van der Waals surface area contributed by atoms with Gasteiger partial charge in [-0.25, -0.2) is 0 Å². The molecule has 1 amide bonds. The fraction of sp³-hybridized carbons (Fsp3) is 0.667. The third kappa shape index (κ3) is 2.13. The highest BCUT2D eigenvalue weighted by molar-refractivity contribution is 6.00. The van der Waals surface area contributed by atoms with Gasteiger partial charge in [0.15, 0.2) is 11.5 Å². The Kier molecular flexibility index (Phi) is 4.99. The highest BCUT2D eigenvalue weighted by atomic mass is 16.6. The van der Waals surface area contributed by atoms with Gasteiger partial charge < -0.3 is 10.5 Å². The number of nitrogens with two attached hydrogens (primary N) is 1. The number of carbonyl (C=O) groups is 2. The fourth-order valence-corrected chi connectivity index (χ4v) is 3.99. The lowest BCUT2D eigenvalue weighted by Crippen LogP contribution is -2.58. The van der Waals surface area contributed by atoms with Gasteiger partial charge in [-0.1, -0.05) is 39.2 Å². The molecule has 1 aliphatic carbocycles. The van der Waals surface area contributed by atoms with Gasteiger partial charge >= 0.3 is 5.97 Å². The largest absolute Gasteiger partial charge is 0.454 e. The van der Waals surface area contributed by atoms with E-state index in [1.807, 2.05) is 32.1 Å². The Morgan fingerprint density at radius 3 is 2.46 bits per heavy atom. The Hall–Kier alpha value is -2.34. The molecule has 4 atom stereocenters. The van der Waals surface area contributed by atoms with Crippen molar-refractivity contribution in [3.63, 3.8) is 0 Å². The molecule has 0 saturated carbocycles. The monoisotopic (exact) mass is 329 g/mol. The van der Waals surface area contributed by atoms with Crippen LogP contribution in [-0.4, -0.2) is 18.0 Å². The number of hydrogen-bond acceptors (Lipinski definition) is 5. The van der Waals surface area contributed by atoms with Crippen molar-refractivity contribution in [1.29, 1.82) is 10.5 Å². The van der Waals surface area contributed by atoms with Gasteiger partial charge in [-0.2, -0.15) is 10.5 Å². The van der Waals surface area contributed by atoms with Crippen LogP contribution in [0.5, 0.6) is 0 Å². The summed E-state index contributed by atoms with van der Waals surface area (Å²) in [6.07, 6.45) is 5.44. The smallest absolute Gasteiger partial charge is 0.330 e. The lowest BCUT2D eigenvalue weighted by Gasteiger charge is -2.40. The summed E-state index contributed by atoms with van der Waals surface area (Å²) in [6, 6.07) is 3.91. The SMILES string of the molecule is CCCCC1=CC(CCCC)C2(C#N)C(=O)OC1C2(C#N)C(N)=O. The van der Waals surface area contributed by atoms with Crippen molar-refractivity contribution >= 4 is 11.9 Å². The molecular formula is C18H23N3O3. The zero-order chi connectivity index (χ0) is 18.0. The summed E-state index contributed by atoms with van der Waals surface area (Å²) in [7, 11) is 0. The van der Waals surface area contributed by atoms with Crippen LogP contribution in [-0.2, 0) is 14.3 Å². The summed E-state index contributed by atoms with van der Waals surface area (Å²) in [6.45, 7) is 4.04. The lowest BCUT2D eigenvalue weighted by atomic mass is 9.52. The van der Waals surface area contributed by atoms with E-state index < -0.39 is 34.7 Å². The first-order chi connectivity index (χ1) is 11.5. The van der Waals surface area contributed by atoms with Crippen LogP contribution in [0.15, 0.2) is 11.6 Å². The number of allylic oxidation sites excluding steroid dienone is 1. The molecule has 4 unspecified atom stereocenters. The maximum atomic E-state index is 12.6. The zero-order valence-corrected chi connectivity index (χ0v) is 14.2. The molecule has 1 heterocycles. The Bertz CT molecular complexity index is 657. The van der Waals surface area contributed by atoms with Crippen LogP contribution in [0.25, 0.3) is 0 Å². The van der Waals surface area contributed by atoms with E-state index in [2.05, 4.69) is 0 Å². The van der Waals surface area contributed by atoms with E-state index in [0.717, 1.165) is 31.3 Å². The Morgan fingerprint density at radius 2 is 1.96 bits per heavy atom. The van der Waals surface area contributed by atoms with Crippen LogP contribution in [0, 0.1) is 39.4 Å². The van der Waals surface area contributed by atoms with E-state index in [1.54, 1.807) is 0 Å². The molecule has 24 heavy (non-hydrogen) atoms. The first-order valence-electron chi connectivity index (χ1n) is 8.50. The van der Waals surface area contributed by atoms with E-state index >= 15 is 0 Å². The summed E-state index contributed by atoms with van der Waals surface area (Å²) >= 11 is 0. The van der Waals surface area contributed by atoms with Crippen molar-refractivity contribution in [3.8, 4) is 12.1 Å². The summed E-state index contributed by atoms with van der Waals surface area (Å²) in [5.74, 6) is -2.28. The van der Waals surface area contributed by atoms with Crippen LogP contribution in [0.1, 0.15) is 52.4 Å². The second-order valence-electron chi connectivity index (χ2n) is 6.58. The fourth-order valence-electron chi connectivity index (χ4n) is 3.99. The first-order valence-corrected chi connectivity index (χ1v) is 8.50. The number of nitrogens with zero attached hydrogens (tertiary/aromatic N) is 2. The molecule has 0 aromatic carbocycles. The van der Waals surface area contributed by atoms with Crippen LogP contribution in [0.3, 0.4) is 0 Å².